The van der Waals surface area contributed by atoms with Crippen molar-refractivity contribution in [2.45, 2.75) is 0 Å². The lowest BCUT2D eigenvalue weighted by molar-refractivity contribution is 1.38. The standard InChI is InChI=1S/C15H7N3/c16-8-10-5-12-2-1-11-3-4-18-15(11)14(9-17)7-13(12)6-10/h1-7H. The van der Waals surface area contributed by atoms with Crippen LogP contribution in [0.15, 0.2) is 42.6 Å². The van der Waals surface area contributed by atoms with Gasteiger partial charge in [-0.15, -0.1) is 0 Å². The van der Waals surface area contributed by atoms with Gasteiger partial charge in [-0.3, -0.25) is 4.98 Å². The number of nitrogens with zero attached hydrogens (tertiary/aromatic N) is 3. The van der Waals surface area contributed by atoms with E-state index in [1.807, 2.05) is 24.3 Å². The summed E-state index contributed by atoms with van der Waals surface area (Å²) in [5.74, 6) is 0. The Labute approximate surface area is 104 Å². The Bertz CT molecular complexity index is 762. The maximum atomic E-state index is 9.22. The molecule has 0 unspecified atom stereocenters. The first kappa shape index (κ1) is 10.3. The third-order valence-corrected chi connectivity index (χ3v) is 2.93. The lowest BCUT2D eigenvalue weighted by Crippen LogP contribution is -1.83. The fraction of sp³-hybridized carbons (Fsp3) is 0. The van der Waals surface area contributed by atoms with Crippen molar-refractivity contribution < 1.29 is 0 Å². The highest BCUT2D eigenvalue weighted by molar-refractivity contribution is 5.76. The van der Waals surface area contributed by atoms with Gasteiger partial charge < -0.3 is 0 Å². The summed E-state index contributed by atoms with van der Waals surface area (Å²) < 4.78 is 0. The van der Waals surface area contributed by atoms with Crippen LogP contribution in [0.25, 0.3) is 22.4 Å². The average molecular weight is 229 g/mol. The zero-order valence-corrected chi connectivity index (χ0v) is 9.38. The molecule has 82 valence electrons. The highest BCUT2D eigenvalue weighted by Crippen LogP contribution is 2.30. The SMILES string of the molecule is N#Cc1cc2ccc3ccnc-3c(C#N)cc-2c1. The van der Waals surface area contributed by atoms with Gasteiger partial charge in [0.2, 0.25) is 0 Å². The minimum Gasteiger partial charge on any atom is -0.255 e. The lowest BCUT2D eigenvalue weighted by atomic mass is 10.0. The molecule has 3 nitrogen and oxygen atoms in total. The summed E-state index contributed by atoms with van der Waals surface area (Å²) in [5, 5.41) is 18.1. The molecule has 0 aromatic rings. The summed E-state index contributed by atoms with van der Waals surface area (Å²) in [5.41, 5.74) is 4.58. The largest absolute Gasteiger partial charge is 0.255 e. The highest BCUT2D eigenvalue weighted by atomic mass is 14.7. The Morgan fingerprint density at radius 2 is 1.61 bits per heavy atom. The molecule has 0 bridgehead atoms. The van der Waals surface area contributed by atoms with E-state index in [-0.39, 0.29) is 0 Å². The normalized spacial score (nSPS) is 10.1. The van der Waals surface area contributed by atoms with Gasteiger partial charge in [-0.2, -0.15) is 10.5 Å². The molecule has 0 amide bonds. The summed E-state index contributed by atoms with van der Waals surface area (Å²) in [6.07, 6.45) is 1.69. The molecule has 0 spiro atoms. The fourth-order valence-corrected chi connectivity index (χ4v) is 2.07. The van der Waals surface area contributed by atoms with Crippen LogP contribution in [0.1, 0.15) is 11.1 Å². The molecule has 0 saturated heterocycles. The molecular formula is C15H7N3. The first-order valence-corrected chi connectivity index (χ1v) is 5.44. The van der Waals surface area contributed by atoms with Gasteiger partial charge in [-0.05, 0) is 35.4 Å². The molecule has 0 saturated carbocycles. The lowest BCUT2D eigenvalue weighted by Gasteiger charge is -1.99. The monoisotopic (exact) mass is 229 g/mol. The van der Waals surface area contributed by atoms with Crippen LogP contribution in [0.3, 0.4) is 0 Å². The van der Waals surface area contributed by atoms with Gasteiger partial charge in [0.1, 0.15) is 6.07 Å². The smallest absolute Gasteiger partial charge is 0.101 e. The minimum absolute atomic E-state index is 0.524. The third kappa shape index (κ3) is 1.47. The molecule has 2 aliphatic carbocycles. The van der Waals surface area contributed by atoms with Crippen molar-refractivity contribution in [3.05, 3.63) is 53.7 Å². The van der Waals surface area contributed by atoms with Gasteiger partial charge in [0, 0.05) is 11.8 Å². The van der Waals surface area contributed by atoms with E-state index in [0.29, 0.717) is 16.8 Å². The van der Waals surface area contributed by atoms with Gasteiger partial charge in [-0.25, -0.2) is 0 Å². The first-order valence-electron chi connectivity index (χ1n) is 5.44. The summed E-state index contributed by atoms with van der Waals surface area (Å²) in [7, 11) is 0. The molecule has 1 heterocycles. The van der Waals surface area contributed by atoms with Crippen LogP contribution in [0.5, 0.6) is 0 Å². The highest BCUT2D eigenvalue weighted by Gasteiger charge is 2.11. The van der Waals surface area contributed by atoms with Crippen molar-refractivity contribution in [3.63, 3.8) is 0 Å². The Morgan fingerprint density at radius 3 is 2.39 bits per heavy atom. The number of rotatable bonds is 0. The summed E-state index contributed by atoms with van der Waals surface area (Å²) in [4.78, 5) is 4.20. The topological polar surface area (TPSA) is 60.5 Å². The van der Waals surface area contributed by atoms with E-state index in [2.05, 4.69) is 17.1 Å². The van der Waals surface area contributed by atoms with Gasteiger partial charge in [0.15, 0.2) is 0 Å². The molecule has 0 N–H and O–H groups in total. The van der Waals surface area contributed by atoms with E-state index >= 15 is 0 Å². The van der Waals surface area contributed by atoms with Crippen molar-refractivity contribution in [2.75, 3.05) is 0 Å². The Morgan fingerprint density at radius 1 is 0.833 bits per heavy atom. The van der Waals surface area contributed by atoms with E-state index in [1.54, 1.807) is 18.3 Å². The third-order valence-electron chi connectivity index (χ3n) is 2.93. The van der Waals surface area contributed by atoms with E-state index < -0.39 is 0 Å². The quantitative estimate of drug-likeness (QED) is 0.595. The predicted octanol–water partition coefficient (Wildman–Crippen LogP) is 3.03. The van der Waals surface area contributed by atoms with Crippen molar-refractivity contribution in [3.8, 4) is 34.5 Å². The summed E-state index contributed by atoms with van der Waals surface area (Å²) in [6.45, 7) is 0. The summed E-state index contributed by atoms with van der Waals surface area (Å²) >= 11 is 0. The molecule has 0 atom stereocenters. The number of hydrogen-bond donors (Lipinski definition) is 0. The molecule has 3 heteroatoms. The second-order valence-corrected chi connectivity index (χ2v) is 4.02. The van der Waals surface area contributed by atoms with Crippen LogP contribution in [-0.4, -0.2) is 4.98 Å². The number of nitriles is 2. The zero-order valence-electron chi connectivity index (χ0n) is 9.38. The molecule has 3 rings (SSSR count). The van der Waals surface area contributed by atoms with Gasteiger partial charge >= 0.3 is 0 Å². The predicted molar refractivity (Wildman–Crippen MR) is 66.9 cm³/mol. The van der Waals surface area contributed by atoms with Gasteiger partial charge in [0.05, 0.1) is 22.9 Å². The second-order valence-electron chi connectivity index (χ2n) is 4.02. The van der Waals surface area contributed by atoms with Crippen molar-refractivity contribution in [1.82, 2.24) is 4.98 Å². The second kappa shape index (κ2) is 3.84. The van der Waals surface area contributed by atoms with E-state index in [0.717, 1.165) is 16.7 Å². The maximum absolute atomic E-state index is 9.22. The van der Waals surface area contributed by atoms with Crippen LogP contribution in [0.4, 0.5) is 0 Å². The van der Waals surface area contributed by atoms with E-state index in [9.17, 15) is 5.26 Å². The molecule has 1 aliphatic heterocycles. The average Bonchev–Trinajstić information content (AvgIpc) is 2.97. The van der Waals surface area contributed by atoms with E-state index in [1.165, 1.54) is 0 Å². The molecule has 0 aromatic carbocycles. The van der Waals surface area contributed by atoms with Crippen LogP contribution in [0, 0.1) is 22.7 Å². The molecule has 18 heavy (non-hydrogen) atoms. The van der Waals surface area contributed by atoms with Crippen LogP contribution in [-0.2, 0) is 0 Å². The van der Waals surface area contributed by atoms with Crippen molar-refractivity contribution >= 4 is 0 Å². The molecule has 3 aliphatic rings. The Balaban J connectivity index is 2.40. The Hall–Kier alpha value is -2.91. The summed E-state index contributed by atoms with van der Waals surface area (Å²) in [6, 6.07) is 15.4. The Kier molecular flexibility index (Phi) is 2.19. The number of hydrogen-bond acceptors (Lipinski definition) is 3. The first-order chi connectivity index (χ1) is 8.81. The van der Waals surface area contributed by atoms with Crippen LogP contribution >= 0.6 is 0 Å². The van der Waals surface area contributed by atoms with Crippen molar-refractivity contribution in [1.29, 1.82) is 10.5 Å². The van der Waals surface area contributed by atoms with Crippen molar-refractivity contribution in [2.24, 2.45) is 0 Å². The van der Waals surface area contributed by atoms with Gasteiger partial charge in [-0.1, -0.05) is 12.1 Å². The minimum atomic E-state index is 0.524. The van der Waals surface area contributed by atoms with Crippen LogP contribution in [0.2, 0.25) is 0 Å². The number of aromatic nitrogens is 1. The molecule has 0 aromatic heterocycles. The van der Waals surface area contributed by atoms with Gasteiger partial charge in [0.25, 0.3) is 0 Å². The molecule has 0 radical (unpaired) electrons. The van der Waals surface area contributed by atoms with E-state index in [4.69, 9.17) is 5.26 Å². The maximum Gasteiger partial charge on any atom is 0.101 e. The zero-order chi connectivity index (χ0) is 12.5. The molecule has 0 fully saturated rings. The fourth-order valence-electron chi connectivity index (χ4n) is 2.07. The van der Waals surface area contributed by atoms with Crippen LogP contribution < -0.4 is 0 Å². The molecular weight excluding hydrogens is 222 g/mol. The number of fused-ring (bicyclic) bond motifs is 2.